The van der Waals surface area contributed by atoms with E-state index in [4.69, 9.17) is 4.52 Å². The predicted molar refractivity (Wildman–Crippen MR) is 96.0 cm³/mol. The minimum atomic E-state index is 0. The molecule has 2 heterocycles. The second kappa shape index (κ2) is 8.50. The summed E-state index contributed by atoms with van der Waals surface area (Å²) in [6.07, 6.45) is 2.59. The number of aryl methyl sites for hydroxylation is 1. The third-order valence-electron chi connectivity index (χ3n) is 3.63. The molecule has 0 saturated heterocycles. The van der Waals surface area contributed by atoms with Crippen LogP contribution in [0.25, 0.3) is 11.8 Å². The van der Waals surface area contributed by atoms with E-state index in [1.54, 1.807) is 4.68 Å². The number of tetrazole rings is 1. The summed E-state index contributed by atoms with van der Waals surface area (Å²) < 4.78 is 7.04. The molecule has 0 bridgehead atoms. The van der Waals surface area contributed by atoms with E-state index >= 15 is 0 Å². The number of rotatable bonds is 6. The molecular formula is C16H20ClN7O. The number of hydrogen-bond acceptors (Lipinski definition) is 7. The molecule has 0 aliphatic rings. The summed E-state index contributed by atoms with van der Waals surface area (Å²) in [7, 11) is 1.90. The van der Waals surface area contributed by atoms with Crippen molar-refractivity contribution in [3.05, 3.63) is 53.4 Å². The van der Waals surface area contributed by atoms with Crippen LogP contribution in [-0.4, -0.2) is 43.4 Å². The summed E-state index contributed by atoms with van der Waals surface area (Å²) in [6.45, 7) is 3.88. The molecule has 0 fully saturated rings. The Labute approximate surface area is 151 Å². The Balaban J connectivity index is 0.00000225. The van der Waals surface area contributed by atoms with Crippen LogP contribution in [-0.2, 0) is 6.42 Å². The monoisotopic (exact) mass is 361 g/mol. The highest BCUT2D eigenvalue weighted by molar-refractivity contribution is 5.85. The molecule has 1 unspecified atom stereocenters. The van der Waals surface area contributed by atoms with Crippen molar-refractivity contribution in [2.75, 3.05) is 7.05 Å². The van der Waals surface area contributed by atoms with Crippen molar-refractivity contribution in [1.82, 2.24) is 35.7 Å². The molecule has 0 amide bonds. The van der Waals surface area contributed by atoms with Crippen molar-refractivity contribution in [3.8, 4) is 0 Å². The zero-order chi connectivity index (χ0) is 16.9. The molecule has 8 nitrogen and oxygen atoms in total. The Morgan fingerprint density at radius 3 is 2.72 bits per heavy atom. The van der Waals surface area contributed by atoms with Crippen LogP contribution in [0.2, 0.25) is 0 Å². The third kappa shape index (κ3) is 4.49. The lowest BCUT2D eigenvalue weighted by Crippen LogP contribution is -2.24. The summed E-state index contributed by atoms with van der Waals surface area (Å²) in [4.78, 5) is 4.49. The van der Waals surface area contributed by atoms with E-state index in [1.165, 1.54) is 0 Å². The van der Waals surface area contributed by atoms with Gasteiger partial charge in [-0.3, -0.25) is 0 Å². The number of benzene rings is 1. The van der Waals surface area contributed by atoms with Gasteiger partial charge in [0.25, 0.3) is 5.89 Å². The second-order valence-electron chi connectivity index (χ2n) is 5.49. The molecule has 0 spiro atoms. The van der Waals surface area contributed by atoms with Crippen molar-refractivity contribution >= 4 is 24.2 Å². The average Bonchev–Trinajstić information content (AvgIpc) is 3.23. The number of hydrogen-bond donors (Lipinski definition) is 1. The molecule has 1 aromatic carbocycles. The smallest absolute Gasteiger partial charge is 0.276 e. The fourth-order valence-electron chi connectivity index (χ4n) is 2.19. The first-order valence-corrected chi connectivity index (χ1v) is 7.69. The van der Waals surface area contributed by atoms with Gasteiger partial charge in [-0.25, -0.2) is 0 Å². The van der Waals surface area contributed by atoms with Gasteiger partial charge in [0.05, 0.1) is 0 Å². The van der Waals surface area contributed by atoms with E-state index in [1.807, 2.05) is 50.4 Å². The number of aromatic nitrogens is 6. The van der Waals surface area contributed by atoms with E-state index in [0.29, 0.717) is 29.7 Å². The standard InChI is InChI=1S/C16H19N7O.ClH/c1-11(17-3)9-15-18-16(24-20-15)14(23-12(2)19-21-22-23)10-13-7-5-4-6-8-13;/h4-8,10-11,17H,9H2,1-3H3;1H/b14-10-;. The van der Waals surface area contributed by atoms with Crippen LogP contribution in [0.5, 0.6) is 0 Å². The average molecular weight is 362 g/mol. The van der Waals surface area contributed by atoms with Crippen molar-refractivity contribution in [2.24, 2.45) is 0 Å². The molecule has 3 aromatic rings. The Kier molecular flexibility index (Phi) is 6.37. The highest BCUT2D eigenvalue weighted by Gasteiger charge is 2.18. The minimum absolute atomic E-state index is 0. The molecule has 0 aliphatic carbocycles. The largest absolute Gasteiger partial charge is 0.332 e. The molecule has 0 radical (unpaired) electrons. The summed E-state index contributed by atoms with van der Waals surface area (Å²) in [5, 5.41) is 18.9. The fourth-order valence-corrected chi connectivity index (χ4v) is 2.19. The van der Waals surface area contributed by atoms with Crippen LogP contribution in [0.15, 0.2) is 34.9 Å². The number of halogens is 1. The lowest BCUT2D eigenvalue weighted by atomic mass is 10.2. The molecular weight excluding hydrogens is 342 g/mol. The van der Waals surface area contributed by atoms with Crippen LogP contribution >= 0.6 is 12.4 Å². The lowest BCUT2D eigenvalue weighted by Gasteiger charge is -2.05. The quantitative estimate of drug-likeness (QED) is 0.717. The third-order valence-corrected chi connectivity index (χ3v) is 3.63. The molecule has 0 saturated carbocycles. The van der Waals surface area contributed by atoms with E-state index in [9.17, 15) is 0 Å². The zero-order valence-electron chi connectivity index (χ0n) is 14.2. The molecule has 1 atom stereocenters. The van der Waals surface area contributed by atoms with Crippen LogP contribution in [0.3, 0.4) is 0 Å². The van der Waals surface area contributed by atoms with Crippen LogP contribution in [0.1, 0.15) is 30.0 Å². The van der Waals surface area contributed by atoms with E-state index in [-0.39, 0.29) is 18.4 Å². The number of nitrogens with zero attached hydrogens (tertiary/aromatic N) is 6. The topological polar surface area (TPSA) is 94.6 Å². The van der Waals surface area contributed by atoms with Gasteiger partial charge < -0.3 is 9.84 Å². The molecule has 1 N–H and O–H groups in total. The van der Waals surface area contributed by atoms with E-state index in [2.05, 4.69) is 37.9 Å². The highest BCUT2D eigenvalue weighted by Crippen LogP contribution is 2.19. The Hall–Kier alpha value is -2.58. The summed E-state index contributed by atoms with van der Waals surface area (Å²) in [5.74, 6) is 1.66. The SMILES string of the molecule is CNC(C)Cc1noc(/C(=C/c2ccccc2)n2nnnc2C)n1.Cl. The van der Waals surface area contributed by atoms with Gasteiger partial charge in [-0.15, -0.1) is 17.5 Å². The van der Waals surface area contributed by atoms with Gasteiger partial charge in [0.1, 0.15) is 5.70 Å². The van der Waals surface area contributed by atoms with Gasteiger partial charge in [0.2, 0.25) is 0 Å². The molecule has 3 rings (SSSR count). The first kappa shape index (κ1) is 18.8. The Morgan fingerprint density at radius 1 is 1.32 bits per heavy atom. The van der Waals surface area contributed by atoms with Crippen molar-refractivity contribution in [2.45, 2.75) is 26.3 Å². The van der Waals surface area contributed by atoms with Gasteiger partial charge in [-0.2, -0.15) is 9.67 Å². The highest BCUT2D eigenvalue weighted by atomic mass is 35.5. The summed E-state index contributed by atoms with van der Waals surface area (Å²) in [6, 6.07) is 10.1. The molecule has 25 heavy (non-hydrogen) atoms. The Bertz CT molecular complexity index is 828. The molecule has 2 aromatic heterocycles. The normalized spacial score (nSPS) is 12.7. The summed E-state index contributed by atoms with van der Waals surface area (Å²) in [5.41, 5.74) is 1.63. The molecule has 9 heteroatoms. The first-order chi connectivity index (χ1) is 11.7. The van der Waals surface area contributed by atoms with E-state index in [0.717, 1.165) is 5.56 Å². The van der Waals surface area contributed by atoms with Crippen molar-refractivity contribution < 1.29 is 4.52 Å². The van der Waals surface area contributed by atoms with Crippen LogP contribution in [0, 0.1) is 6.92 Å². The van der Waals surface area contributed by atoms with Crippen LogP contribution < -0.4 is 5.32 Å². The van der Waals surface area contributed by atoms with E-state index < -0.39 is 0 Å². The lowest BCUT2D eigenvalue weighted by molar-refractivity contribution is 0.394. The summed E-state index contributed by atoms with van der Waals surface area (Å²) >= 11 is 0. The number of nitrogens with one attached hydrogen (secondary N) is 1. The second-order valence-corrected chi connectivity index (χ2v) is 5.49. The Morgan fingerprint density at radius 2 is 2.08 bits per heavy atom. The zero-order valence-corrected chi connectivity index (χ0v) is 15.1. The van der Waals surface area contributed by atoms with Gasteiger partial charge in [0.15, 0.2) is 11.6 Å². The van der Waals surface area contributed by atoms with Crippen molar-refractivity contribution in [1.29, 1.82) is 0 Å². The maximum atomic E-state index is 5.45. The first-order valence-electron chi connectivity index (χ1n) is 7.69. The maximum Gasteiger partial charge on any atom is 0.276 e. The minimum Gasteiger partial charge on any atom is -0.332 e. The van der Waals surface area contributed by atoms with Gasteiger partial charge in [-0.05, 0) is 43.0 Å². The van der Waals surface area contributed by atoms with Gasteiger partial charge in [-0.1, -0.05) is 35.5 Å². The maximum absolute atomic E-state index is 5.45. The predicted octanol–water partition coefficient (Wildman–Crippen LogP) is 1.98. The number of likely N-dealkylation sites (N-methyl/N-ethyl adjacent to an activating group) is 1. The van der Waals surface area contributed by atoms with Gasteiger partial charge >= 0.3 is 0 Å². The van der Waals surface area contributed by atoms with Crippen molar-refractivity contribution in [3.63, 3.8) is 0 Å². The van der Waals surface area contributed by atoms with Gasteiger partial charge in [0, 0.05) is 12.5 Å². The fraction of sp³-hybridized carbons (Fsp3) is 0.312. The molecule has 132 valence electrons. The molecule has 0 aliphatic heterocycles. The van der Waals surface area contributed by atoms with Crippen LogP contribution in [0.4, 0.5) is 0 Å².